The average molecular weight is 419 g/mol. The van der Waals surface area contributed by atoms with Gasteiger partial charge in [0.2, 0.25) is 5.88 Å². The molecule has 0 saturated carbocycles. The predicted molar refractivity (Wildman–Crippen MR) is 100 cm³/mol. The second kappa shape index (κ2) is 8.74. The molecule has 1 amide bonds. The number of nitrogens with two attached hydrogens (primary N) is 2. The van der Waals surface area contributed by atoms with Crippen LogP contribution in [0.3, 0.4) is 0 Å². The van der Waals surface area contributed by atoms with Crippen LogP contribution in [0.25, 0.3) is 11.4 Å². The molecule has 3 aromatic rings. The smallest absolute Gasteiger partial charge is 0.411 e. The minimum absolute atomic E-state index is 0.00123. The molecule has 0 radical (unpaired) electrons. The van der Waals surface area contributed by atoms with E-state index in [9.17, 15) is 18.0 Å². The van der Waals surface area contributed by atoms with Crippen LogP contribution in [0.1, 0.15) is 16.1 Å². The van der Waals surface area contributed by atoms with Gasteiger partial charge < -0.3 is 20.9 Å². The molecular formula is C19H16F3N5O3. The molecule has 3 rings (SSSR count). The predicted octanol–water partition coefficient (Wildman–Crippen LogP) is 3.09. The van der Waals surface area contributed by atoms with Crippen molar-refractivity contribution in [1.82, 2.24) is 15.0 Å². The van der Waals surface area contributed by atoms with Gasteiger partial charge in [-0.15, -0.1) is 0 Å². The lowest BCUT2D eigenvalue weighted by atomic mass is 10.2. The maximum Gasteiger partial charge on any atom is 0.411 e. The highest BCUT2D eigenvalue weighted by Crippen LogP contribution is 2.24. The Balaban J connectivity index is 1.64. The van der Waals surface area contributed by atoms with E-state index in [0.29, 0.717) is 16.9 Å². The highest BCUT2D eigenvalue weighted by molar-refractivity contribution is 5.91. The fourth-order valence-corrected chi connectivity index (χ4v) is 2.36. The van der Waals surface area contributed by atoms with Crippen molar-refractivity contribution in [3.05, 3.63) is 59.9 Å². The van der Waals surface area contributed by atoms with E-state index in [1.807, 2.05) is 0 Å². The molecule has 11 heteroatoms. The number of halogens is 3. The molecule has 156 valence electrons. The van der Waals surface area contributed by atoms with Gasteiger partial charge in [0, 0.05) is 23.9 Å². The largest absolute Gasteiger partial charge is 0.439 e. The Kier molecular flexibility index (Phi) is 6.11. The van der Waals surface area contributed by atoms with E-state index in [1.165, 1.54) is 18.3 Å². The van der Waals surface area contributed by atoms with Gasteiger partial charge in [-0.25, -0.2) is 15.0 Å². The van der Waals surface area contributed by atoms with Crippen LogP contribution in [0.15, 0.2) is 48.7 Å². The number of hydrogen-bond donors (Lipinski definition) is 2. The van der Waals surface area contributed by atoms with Gasteiger partial charge in [-0.2, -0.15) is 13.2 Å². The third-order valence-corrected chi connectivity index (χ3v) is 3.67. The first-order valence-corrected chi connectivity index (χ1v) is 8.52. The van der Waals surface area contributed by atoms with E-state index < -0.39 is 18.7 Å². The minimum Gasteiger partial charge on any atom is -0.439 e. The Morgan fingerprint density at radius 1 is 1.07 bits per heavy atom. The molecule has 0 spiro atoms. The van der Waals surface area contributed by atoms with Crippen LogP contribution >= 0.6 is 0 Å². The van der Waals surface area contributed by atoms with E-state index in [-0.39, 0.29) is 29.8 Å². The van der Waals surface area contributed by atoms with Crippen LogP contribution in [0.2, 0.25) is 0 Å². The summed E-state index contributed by atoms with van der Waals surface area (Å²) in [5, 5.41) is 0. The second-order valence-electron chi connectivity index (χ2n) is 6.11. The van der Waals surface area contributed by atoms with Crippen LogP contribution < -0.4 is 16.2 Å². The summed E-state index contributed by atoms with van der Waals surface area (Å²) in [6.45, 7) is -1.54. The number of primary amides is 1. The number of amides is 1. The van der Waals surface area contributed by atoms with Crippen molar-refractivity contribution >= 4 is 11.7 Å². The van der Waals surface area contributed by atoms with Gasteiger partial charge in [0.1, 0.15) is 23.9 Å². The monoisotopic (exact) mass is 419 g/mol. The first-order valence-electron chi connectivity index (χ1n) is 8.52. The lowest BCUT2D eigenvalue weighted by Gasteiger charge is -2.09. The fourth-order valence-electron chi connectivity index (χ4n) is 2.36. The number of hydrogen-bond acceptors (Lipinski definition) is 7. The summed E-state index contributed by atoms with van der Waals surface area (Å²) < 4.78 is 46.4. The zero-order chi connectivity index (χ0) is 21.7. The first kappa shape index (κ1) is 21.0. The van der Waals surface area contributed by atoms with E-state index >= 15 is 0 Å². The Morgan fingerprint density at radius 2 is 1.80 bits per heavy atom. The molecule has 2 heterocycles. The lowest BCUT2D eigenvalue weighted by molar-refractivity contribution is -0.176. The zero-order valence-corrected chi connectivity index (χ0v) is 15.4. The number of nitrogen functional groups attached to an aromatic ring is 1. The molecule has 0 aliphatic heterocycles. The Bertz CT molecular complexity index is 1030. The molecule has 30 heavy (non-hydrogen) atoms. The summed E-state index contributed by atoms with van der Waals surface area (Å²) in [4.78, 5) is 23.5. The van der Waals surface area contributed by atoms with Gasteiger partial charge in [0.25, 0.3) is 5.91 Å². The summed E-state index contributed by atoms with van der Waals surface area (Å²) in [6.07, 6.45) is -3.01. The molecular weight excluding hydrogens is 403 g/mol. The van der Waals surface area contributed by atoms with Crippen molar-refractivity contribution in [2.75, 3.05) is 12.3 Å². The highest BCUT2D eigenvalue weighted by atomic mass is 19.4. The highest BCUT2D eigenvalue weighted by Gasteiger charge is 2.27. The number of carbonyl (C=O) groups is 1. The number of alkyl halides is 3. The summed E-state index contributed by atoms with van der Waals surface area (Å²) in [5.41, 5.74) is 12.0. The number of nitrogens with zero attached hydrogens (tertiary/aromatic N) is 3. The van der Waals surface area contributed by atoms with Crippen molar-refractivity contribution in [2.45, 2.75) is 12.8 Å². The molecule has 0 fully saturated rings. The molecule has 0 saturated heterocycles. The Morgan fingerprint density at radius 3 is 2.40 bits per heavy atom. The number of aromatic nitrogens is 3. The van der Waals surface area contributed by atoms with E-state index in [2.05, 4.69) is 19.7 Å². The van der Waals surface area contributed by atoms with Crippen molar-refractivity contribution < 1.29 is 27.4 Å². The van der Waals surface area contributed by atoms with E-state index in [1.54, 1.807) is 30.3 Å². The maximum atomic E-state index is 12.1. The average Bonchev–Trinajstić information content (AvgIpc) is 2.68. The van der Waals surface area contributed by atoms with Crippen LogP contribution in [0, 0.1) is 0 Å². The van der Waals surface area contributed by atoms with E-state index in [0.717, 1.165) is 0 Å². The van der Waals surface area contributed by atoms with Crippen LogP contribution in [-0.4, -0.2) is 33.6 Å². The van der Waals surface area contributed by atoms with Crippen molar-refractivity contribution in [2.24, 2.45) is 5.73 Å². The molecule has 0 aliphatic carbocycles. The normalized spacial score (nSPS) is 11.3. The number of carbonyl (C=O) groups excluding carboxylic acids is 1. The zero-order valence-electron chi connectivity index (χ0n) is 15.4. The number of anilines is 1. The van der Waals surface area contributed by atoms with Crippen LogP contribution in [-0.2, 0) is 11.3 Å². The molecule has 4 N–H and O–H groups in total. The first-order chi connectivity index (χ1) is 14.2. The lowest BCUT2D eigenvalue weighted by Crippen LogP contribution is -2.16. The topological polar surface area (TPSA) is 126 Å². The molecule has 2 aromatic heterocycles. The SMILES string of the molecule is NC(=O)c1cc(N)nc(-c2ccc(Oc3ccc(COCC(F)(F)F)cn3)cc2)n1. The Labute approximate surface area is 168 Å². The minimum atomic E-state index is -4.37. The maximum absolute atomic E-state index is 12.1. The summed E-state index contributed by atoms with van der Waals surface area (Å²) in [7, 11) is 0. The Hall–Kier alpha value is -3.73. The van der Waals surface area contributed by atoms with Crippen molar-refractivity contribution in [3.8, 4) is 23.0 Å². The summed E-state index contributed by atoms with van der Waals surface area (Å²) in [6, 6.07) is 10.9. The number of rotatable bonds is 7. The third-order valence-electron chi connectivity index (χ3n) is 3.67. The summed E-state index contributed by atoms with van der Waals surface area (Å²) >= 11 is 0. The van der Waals surface area contributed by atoms with Crippen molar-refractivity contribution in [3.63, 3.8) is 0 Å². The second-order valence-corrected chi connectivity index (χ2v) is 6.11. The van der Waals surface area contributed by atoms with Crippen molar-refractivity contribution in [1.29, 1.82) is 0 Å². The molecule has 0 unspecified atom stereocenters. The van der Waals surface area contributed by atoms with Gasteiger partial charge in [-0.1, -0.05) is 0 Å². The third kappa shape index (κ3) is 5.88. The molecule has 1 aromatic carbocycles. The van der Waals surface area contributed by atoms with Crippen LogP contribution in [0.5, 0.6) is 11.6 Å². The molecule has 0 atom stereocenters. The summed E-state index contributed by atoms with van der Waals surface area (Å²) in [5.74, 6) is 0.322. The van der Waals surface area contributed by atoms with Gasteiger partial charge in [0.15, 0.2) is 5.82 Å². The number of pyridine rings is 1. The van der Waals surface area contributed by atoms with Gasteiger partial charge >= 0.3 is 6.18 Å². The fraction of sp³-hybridized carbons (Fsp3) is 0.158. The van der Waals surface area contributed by atoms with Gasteiger partial charge in [0.05, 0.1) is 6.61 Å². The van der Waals surface area contributed by atoms with E-state index in [4.69, 9.17) is 16.2 Å². The number of ether oxygens (including phenoxy) is 2. The molecule has 0 bridgehead atoms. The molecule has 8 nitrogen and oxygen atoms in total. The van der Waals surface area contributed by atoms with Crippen LogP contribution in [0.4, 0.5) is 19.0 Å². The van der Waals surface area contributed by atoms with Gasteiger partial charge in [-0.3, -0.25) is 4.79 Å². The number of benzene rings is 1. The van der Waals surface area contributed by atoms with Gasteiger partial charge in [-0.05, 0) is 35.9 Å². The standard InChI is InChI=1S/C19H16F3N5O3/c20-19(21,22)10-29-9-11-1-6-16(25-8-11)30-13-4-2-12(3-5-13)18-26-14(17(24)28)7-15(23)27-18/h1-8H,9-10H2,(H2,24,28)(H2,23,26,27). The quantitative estimate of drug-likeness (QED) is 0.603. The molecule has 0 aliphatic rings.